The number of amides is 1. The number of fused-ring (bicyclic) bond motifs is 1. The lowest BCUT2D eigenvalue weighted by molar-refractivity contribution is 0.0454. The molecule has 1 N–H and O–H groups in total. The SMILES string of the molecule is O=C(O)N1CCCCCC1(c1ccccn1)n1ncc2cnccc21. The van der Waals surface area contributed by atoms with Crippen molar-refractivity contribution < 1.29 is 9.90 Å². The number of nitrogens with zero attached hydrogens (tertiary/aromatic N) is 5. The van der Waals surface area contributed by atoms with E-state index in [0.717, 1.165) is 30.2 Å². The third-order valence-electron chi connectivity index (χ3n) is 4.88. The van der Waals surface area contributed by atoms with E-state index in [2.05, 4.69) is 15.1 Å². The standard InChI is InChI=1S/C18H19N5O2/c24-17(25)22-11-5-1-3-8-18(22,16-6-2-4-9-20-16)23-15-7-10-19-12-14(15)13-21-23/h2,4,6-7,9-10,12-13H,1,3,5,8,11H2,(H,24,25). The molecular formula is C18H19N5O2. The van der Waals surface area contributed by atoms with E-state index in [1.807, 2.05) is 28.9 Å². The molecule has 3 aromatic heterocycles. The van der Waals surface area contributed by atoms with Gasteiger partial charge in [-0.3, -0.25) is 14.9 Å². The van der Waals surface area contributed by atoms with Gasteiger partial charge in [-0.1, -0.05) is 12.5 Å². The number of likely N-dealkylation sites (tertiary alicyclic amines) is 1. The quantitative estimate of drug-likeness (QED) is 0.777. The average Bonchev–Trinajstić information content (AvgIpc) is 2.94. The van der Waals surface area contributed by atoms with Crippen molar-refractivity contribution in [3.05, 3.63) is 54.7 Å². The van der Waals surface area contributed by atoms with Gasteiger partial charge in [0, 0.05) is 30.5 Å². The first-order valence-electron chi connectivity index (χ1n) is 8.44. The Balaban J connectivity index is 2.03. The van der Waals surface area contributed by atoms with Crippen molar-refractivity contribution in [2.75, 3.05) is 6.54 Å². The summed E-state index contributed by atoms with van der Waals surface area (Å²) in [6, 6.07) is 7.49. The molecule has 1 atom stereocenters. The van der Waals surface area contributed by atoms with Gasteiger partial charge < -0.3 is 5.11 Å². The minimum Gasteiger partial charge on any atom is -0.465 e. The molecule has 1 saturated heterocycles. The predicted molar refractivity (Wildman–Crippen MR) is 92.0 cm³/mol. The first-order valence-corrected chi connectivity index (χ1v) is 8.44. The van der Waals surface area contributed by atoms with E-state index < -0.39 is 11.8 Å². The van der Waals surface area contributed by atoms with Crippen LogP contribution >= 0.6 is 0 Å². The fourth-order valence-electron chi connectivity index (χ4n) is 3.76. The van der Waals surface area contributed by atoms with Crippen LogP contribution in [0.5, 0.6) is 0 Å². The summed E-state index contributed by atoms with van der Waals surface area (Å²) in [6.45, 7) is 0.457. The Kier molecular flexibility index (Phi) is 3.83. The van der Waals surface area contributed by atoms with Gasteiger partial charge in [0.15, 0.2) is 5.66 Å². The van der Waals surface area contributed by atoms with Gasteiger partial charge in [-0.05, 0) is 37.5 Å². The fraction of sp³-hybridized carbons (Fsp3) is 0.333. The highest BCUT2D eigenvalue weighted by Gasteiger charge is 2.46. The van der Waals surface area contributed by atoms with Crippen LogP contribution in [0, 0.1) is 0 Å². The first kappa shape index (κ1) is 15.6. The number of rotatable bonds is 2. The van der Waals surface area contributed by atoms with Gasteiger partial charge in [-0.15, -0.1) is 0 Å². The number of hydrogen-bond donors (Lipinski definition) is 1. The van der Waals surface area contributed by atoms with Crippen LogP contribution in [0.4, 0.5) is 4.79 Å². The number of pyridine rings is 2. The number of carboxylic acid groups (broad SMARTS) is 1. The lowest BCUT2D eigenvalue weighted by Crippen LogP contribution is -2.54. The average molecular weight is 337 g/mol. The molecule has 1 aliphatic rings. The van der Waals surface area contributed by atoms with Gasteiger partial charge in [0.05, 0.1) is 17.4 Å². The highest BCUT2D eigenvalue weighted by Crippen LogP contribution is 2.39. The van der Waals surface area contributed by atoms with Crippen LogP contribution in [0.15, 0.2) is 49.1 Å². The van der Waals surface area contributed by atoms with Crippen LogP contribution in [-0.4, -0.2) is 42.4 Å². The zero-order chi connectivity index (χ0) is 17.3. The van der Waals surface area contributed by atoms with Gasteiger partial charge in [0.1, 0.15) is 0 Å². The Morgan fingerprint density at radius 3 is 2.84 bits per heavy atom. The maximum absolute atomic E-state index is 12.2. The van der Waals surface area contributed by atoms with E-state index in [0.29, 0.717) is 18.7 Å². The largest absolute Gasteiger partial charge is 0.465 e. The Morgan fingerprint density at radius 2 is 2.04 bits per heavy atom. The third kappa shape index (κ3) is 2.43. The molecule has 1 unspecified atom stereocenters. The smallest absolute Gasteiger partial charge is 0.409 e. The second-order valence-corrected chi connectivity index (χ2v) is 6.27. The monoisotopic (exact) mass is 337 g/mol. The van der Waals surface area contributed by atoms with Crippen LogP contribution in [0.3, 0.4) is 0 Å². The second kappa shape index (κ2) is 6.16. The molecule has 0 bridgehead atoms. The predicted octanol–water partition coefficient (Wildman–Crippen LogP) is 3.08. The van der Waals surface area contributed by atoms with Crippen molar-refractivity contribution in [1.29, 1.82) is 0 Å². The van der Waals surface area contributed by atoms with Gasteiger partial charge in [0.2, 0.25) is 0 Å². The Bertz CT molecular complexity index is 895. The zero-order valence-corrected chi connectivity index (χ0v) is 13.7. The maximum Gasteiger partial charge on any atom is 0.409 e. The lowest BCUT2D eigenvalue weighted by atomic mass is 9.97. The van der Waals surface area contributed by atoms with Gasteiger partial charge in [-0.25, -0.2) is 9.48 Å². The van der Waals surface area contributed by atoms with Crippen LogP contribution in [-0.2, 0) is 5.66 Å². The zero-order valence-electron chi connectivity index (χ0n) is 13.7. The van der Waals surface area contributed by atoms with Crippen LogP contribution in [0.1, 0.15) is 31.4 Å². The van der Waals surface area contributed by atoms with Crippen LogP contribution in [0.25, 0.3) is 10.9 Å². The van der Waals surface area contributed by atoms with E-state index in [1.54, 1.807) is 24.8 Å². The summed E-state index contributed by atoms with van der Waals surface area (Å²) < 4.78 is 1.81. The molecule has 25 heavy (non-hydrogen) atoms. The van der Waals surface area contributed by atoms with Crippen molar-refractivity contribution in [1.82, 2.24) is 24.6 Å². The number of aromatic nitrogens is 4. The molecule has 7 heteroatoms. The molecule has 1 amide bonds. The molecule has 4 rings (SSSR count). The molecule has 0 radical (unpaired) electrons. The minimum atomic E-state index is -0.953. The molecule has 7 nitrogen and oxygen atoms in total. The molecule has 3 aromatic rings. The van der Waals surface area contributed by atoms with E-state index in [-0.39, 0.29) is 0 Å². The van der Waals surface area contributed by atoms with E-state index in [4.69, 9.17) is 0 Å². The molecule has 0 aliphatic carbocycles. The highest BCUT2D eigenvalue weighted by atomic mass is 16.4. The summed E-state index contributed by atoms with van der Waals surface area (Å²) in [5, 5.41) is 15.4. The van der Waals surface area contributed by atoms with Crippen molar-refractivity contribution in [3.8, 4) is 0 Å². The van der Waals surface area contributed by atoms with E-state index in [1.165, 1.54) is 4.90 Å². The topological polar surface area (TPSA) is 84.1 Å². The molecule has 1 fully saturated rings. The van der Waals surface area contributed by atoms with E-state index in [9.17, 15) is 9.90 Å². The van der Waals surface area contributed by atoms with Crippen LogP contribution in [0.2, 0.25) is 0 Å². The number of hydrogen-bond acceptors (Lipinski definition) is 4. The van der Waals surface area contributed by atoms with Crippen LogP contribution < -0.4 is 0 Å². The van der Waals surface area contributed by atoms with Crippen molar-refractivity contribution >= 4 is 17.0 Å². The Hall–Kier alpha value is -2.96. The summed E-state index contributed by atoms with van der Waals surface area (Å²) in [4.78, 5) is 22.3. The molecular weight excluding hydrogens is 318 g/mol. The van der Waals surface area contributed by atoms with Gasteiger partial charge >= 0.3 is 6.09 Å². The molecule has 0 saturated carbocycles. The van der Waals surface area contributed by atoms with Crippen molar-refractivity contribution in [2.45, 2.75) is 31.3 Å². The molecule has 4 heterocycles. The minimum absolute atomic E-state index is 0.457. The summed E-state index contributed by atoms with van der Waals surface area (Å²) in [5.74, 6) is 0. The lowest BCUT2D eigenvalue weighted by Gasteiger charge is -2.41. The van der Waals surface area contributed by atoms with Crippen molar-refractivity contribution in [3.63, 3.8) is 0 Å². The summed E-state index contributed by atoms with van der Waals surface area (Å²) in [5.41, 5.74) is 0.599. The van der Waals surface area contributed by atoms with Gasteiger partial charge in [0.25, 0.3) is 0 Å². The second-order valence-electron chi connectivity index (χ2n) is 6.27. The molecule has 0 aromatic carbocycles. The summed E-state index contributed by atoms with van der Waals surface area (Å²) in [6.07, 6.45) is 9.29. The third-order valence-corrected chi connectivity index (χ3v) is 4.88. The molecule has 1 aliphatic heterocycles. The highest BCUT2D eigenvalue weighted by molar-refractivity contribution is 5.78. The molecule has 0 spiro atoms. The Labute approximate surface area is 144 Å². The van der Waals surface area contributed by atoms with Crippen molar-refractivity contribution in [2.24, 2.45) is 0 Å². The first-order chi connectivity index (χ1) is 12.2. The Morgan fingerprint density at radius 1 is 1.12 bits per heavy atom. The van der Waals surface area contributed by atoms with E-state index >= 15 is 0 Å². The van der Waals surface area contributed by atoms with Gasteiger partial charge in [-0.2, -0.15) is 5.10 Å². The summed E-state index contributed by atoms with van der Waals surface area (Å²) >= 11 is 0. The fourth-order valence-corrected chi connectivity index (χ4v) is 3.76. The maximum atomic E-state index is 12.2. The number of carbonyl (C=O) groups is 1. The normalized spacial score (nSPS) is 21.2. The molecule has 128 valence electrons. The summed E-state index contributed by atoms with van der Waals surface area (Å²) in [7, 11) is 0.